The molecular formula is C22H25F3N2O3. The minimum atomic E-state index is -4.78. The number of aliphatic hydroxyl groups excluding tert-OH is 1. The van der Waals surface area contributed by atoms with Crippen molar-refractivity contribution in [2.45, 2.75) is 69.5 Å². The minimum absolute atomic E-state index is 0.192. The van der Waals surface area contributed by atoms with Crippen LogP contribution in [0.3, 0.4) is 0 Å². The lowest BCUT2D eigenvalue weighted by Gasteiger charge is -2.32. The maximum Gasteiger partial charge on any atom is 0.573 e. The van der Waals surface area contributed by atoms with E-state index < -0.39 is 6.36 Å². The number of hydrogen-bond acceptors (Lipinski definition) is 5. The van der Waals surface area contributed by atoms with Crippen LogP contribution in [0.4, 0.5) is 13.2 Å². The van der Waals surface area contributed by atoms with Crippen molar-refractivity contribution in [2.24, 2.45) is 11.8 Å². The number of nitrogens with one attached hydrogen (secondary N) is 1. The van der Waals surface area contributed by atoms with Crippen LogP contribution in [0.25, 0.3) is 11.3 Å². The number of benzene rings is 1. The summed E-state index contributed by atoms with van der Waals surface area (Å²) in [6.07, 6.45) is 1.01. The van der Waals surface area contributed by atoms with E-state index in [2.05, 4.69) is 15.2 Å². The number of hydrogen-bond donors (Lipinski definition) is 2. The van der Waals surface area contributed by atoms with Crippen LogP contribution in [0, 0.1) is 11.8 Å². The van der Waals surface area contributed by atoms with E-state index in [0.717, 1.165) is 49.8 Å². The summed E-state index contributed by atoms with van der Waals surface area (Å²) in [4.78, 5) is 0. The largest absolute Gasteiger partial charge is 0.573 e. The van der Waals surface area contributed by atoms with Gasteiger partial charge in [-0.1, -0.05) is 17.3 Å². The van der Waals surface area contributed by atoms with Crippen LogP contribution in [0.2, 0.25) is 0 Å². The van der Waals surface area contributed by atoms with Gasteiger partial charge >= 0.3 is 6.36 Å². The van der Waals surface area contributed by atoms with Gasteiger partial charge in [0.2, 0.25) is 0 Å². The molecular weight excluding hydrogens is 397 g/mol. The van der Waals surface area contributed by atoms with Crippen molar-refractivity contribution in [3.05, 3.63) is 35.6 Å². The standard InChI is InChI=1S/C22H25F3N2O3/c23-22(24,25)29-18-4-2-1-3-16(18)19-17(21(30-27-19)12-5-6-12)11-26-15-9-13-7-8-14(10-15)20(13)28/h1-4,12-15,20,26,28H,5-11H2/t13-,14+,15+,20+. The van der Waals surface area contributed by atoms with E-state index >= 15 is 0 Å². The highest BCUT2D eigenvalue weighted by Crippen LogP contribution is 2.46. The lowest BCUT2D eigenvalue weighted by atomic mass is 9.83. The Balaban J connectivity index is 1.40. The van der Waals surface area contributed by atoms with Gasteiger partial charge in [-0.2, -0.15) is 0 Å². The fourth-order valence-electron chi connectivity index (χ4n) is 5.16. The van der Waals surface area contributed by atoms with E-state index in [-0.39, 0.29) is 29.4 Å². The maximum absolute atomic E-state index is 12.9. The van der Waals surface area contributed by atoms with E-state index in [1.165, 1.54) is 12.1 Å². The second kappa shape index (κ2) is 7.57. The van der Waals surface area contributed by atoms with Gasteiger partial charge < -0.3 is 19.7 Å². The molecule has 2 N–H and O–H groups in total. The molecule has 3 saturated carbocycles. The molecule has 30 heavy (non-hydrogen) atoms. The highest BCUT2D eigenvalue weighted by molar-refractivity contribution is 5.70. The van der Waals surface area contributed by atoms with Gasteiger partial charge in [-0.15, -0.1) is 13.2 Å². The highest BCUT2D eigenvalue weighted by Gasteiger charge is 2.42. The number of nitrogens with zero attached hydrogens (tertiary/aromatic N) is 1. The molecule has 8 heteroatoms. The molecule has 2 aromatic rings. The summed E-state index contributed by atoms with van der Waals surface area (Å²) < 4.78 is 48.5. The van der Waals surface area contributed by atoms with E-state index in [1.807, 2.05) is 0 Å². The summed E-state index contributed by atoms with van der Waals surface area (Å²) >= 11 is 0. The number of aliphatic hydroxyl groups is 1. The second-order valence-corrected chi connectivity index (χ2v) is 8.83. The molecule has 0 spiro atoms. The molecule has 162 valence electrons. The first-order chi connectivity index (χ1) is 14.4. The summed E-state index contributed by atoms with van der Waals surface area (Å²) in [5.74, 6) is 1.45. The van der Waals surface area contributed by atoms with E-state index in [0.29, 0.717) is 24.1 Å². The van der Waals surface area contributed by atoms with Crippen LogP contribution in [0.15, 0.2) is 28.8 Å². The fourth-order valence-corrected chi connectivity index (χ4v) is 5.16. The molecule has 3 fully saturated rings. The lowest BCUT2D eigenvalue weighted by Crippen LogP contribution is -2.40. The maximum atomic E-state index is 12.9. The van der Waals surface area contributed by atoms with Crippen LogP contribution < -0.4 is 10.1 Å². The number of aromatic nitrogens is 1. The first-order valence-electron chi connectivity index (χ1n) is 10.6. The van der Waals surface area contributed by atoms with E-state index in [9.17, 15) is 18.3 Å². The van der Waals surface area contributed by atoms with Crippen LogP contribution in [-0.2, 0) is 6.54 Å². The van der Waals surface area contributed by atoms with Crippen LogP contribution in [-0.4, -0.2) is 28.8 Å². The Kier molecular flexibility index (Phi) is 5.01. The Morgan fingerprint density at radius 1 is 1.10 bits per heavy atom. The number of para-hydroxylation sites is 1. The molecule has 1 aromatic carbocycles. The first kappa shape index (κ1) is 19.9. The molecule has 3 aliphatic carbocycles. The van der Waals surface area contributed by atoms with Gasteiger partial charge in [0.05, 0.1) is 6.10 Å². The summed E-state index contributed by atoms with van der Waals surface area (Å²) in [5.41, 5.74) is 1.50. The Labute approximate surface area is 172 Å². The summed E-state index contributed by atoms with van der Waals surface area (Å²) in [7, 11) is 0. The molecule has 0 amide bonds. The Bertz CT molecular complexity index is 895. The Morgan fingerprint density at radius 3 is 2.47 bits per heavy atom. The third-order valence-electron chi connectivity index (χ3n) is 6.75. The molecule has 4 atom stereocenters. The number of halogens is 3. The smallest absolute Gasteiger partial charge is 0.405 e. The van der Waals surface area contributed by atoms with Crippen LogP contribution >= 0.6 is 0 Å². The van der Waals surface area contributed by atoms with Crippen molar-refractivity contribution in [2.75, 3.05) is 0 Å². The molecule has 0 radical (unpaired) electrons. The molecule has 0 saturated heterocycles. The number of alkyl halides is 3. The third kappa shape index (κ3) is 3.95. The molecule has 1 heterocycles. The first-order valence-corrected chi connectivity index (χ1v) is 10.6. The molecule has 5 nitrogen and oxygen atoms in total. The highest BCUT2D eigenvalue weighted by atomic mass is 19.4. The van der Waals surface area contributed by atoms with Crippen molar-refractivity contribution in [1.82, 2.24) is 10.5 Å². The topological polar surface area (TPSA) is 67.5 Å². The van der Waals surface area contributed by atoms with Crippen molar-refractivity contribution < 1.29 is 27.5 Å². The van der Waals surface area contributed by atoms with Crippen LogP contribution in [0.1, 0.15) is 55.8 Å². The average Bonchev–Trinajstić information content (AvgIpc) is 3.42. The van der Waals surface area contributed by atoms with Crippen molar-refractivity contribution in [1.29, 1.82) is 0 Å². The molecule has 0 aliphatic heterocycles. The van der Waals surface area contributed by atoms with Crippen LogP contribution in [0.5, 0.6) is 5.75 Å². The minimum Gasteiger partial charge on any atom is -0.405 e. The molecule has 1 aromatic heterocycles. The Hall–Kier alpha value is -2.06. The van der Waals surface area contributed by atoms with Gasteiger partial charge in [0.1, 0.15) is 17.2 Å². The summed E-state index contributed by atoms with van der Waals surface area (Å²) in [6, 6.07) is 6.33. The lowest BCUT2D eigenvalue weighted by molar-refractivity contribution is -0.274. The zero-order valence-corrected chi connectivity index (χ0v) is 16.5. The van der Waals surface area contributed by atoms with Gasteiger partial charge in [-0.3, -0.25) is 0 Å². The zero-order valence-electron chi connectivity index (χ0n) is 16.5. The predicted octanol–water partition coefficient (Wildman–Crippen LogP) is 4.76. The van der Waals surface area contributed by atoms with Crippen molar-refractivity contribution in [3.8, 4) is 17.0 Å². The van der Waals surface area contributed by atoms with Gasteiger partial charge in [0.15, 0.2) is 0 Å². The number of ether oxygens (including phenoxy) is 1. The van der Waals surface area contributed by atoms with E-state index in [4.69, 9.17) is 4.52 Å². The SMILES string of the molecule is O[C@H]1[C@@H]2CC[C@H]1C[C@@H](NCc1c(-c3ccccc3OC(F)(F)F)noc1C1CC1)C2. The second-order valence-electron chi connectivity index (χ2n) is 8.83. The fraction of sp³-hybridized carbons (Fsp3) is 0.591. The van der Waals surface area contributed by atoms with Gasteiger partial charge in [-0.05, 0) is 62.5 Å². The van der Waals surface area contributed by atoms with Crippen molar-refractivity contribution >= 4 is 0 Å². The molecule has 0 unspecified atom stereocenters. The molecule has 3 aliphatic rings. The van der Waals surface area contributed by atoms with Gasteiger partial charge in [0.25, 0.3) is 0 Å². The van der Waals surface area contributed by atoms with Gasteiger partial charge in [0, 0.05) is 29.6 Å². The summed E-state index contributed by atoms with van der Waals surface area (Å²) in [6.45, 7) is 0.477. The predicted molar refractivity (Wildman–Crippen MR) is 103 cm³/mol. The molecule has 5 rings (SSSR count). The van der Waals surface area contributed by atoms with E-state index in [1.54, 1.807) is 12.1 Å². The number of fused-ring (bicyclic) bond motifs is 2. The zero-order chi connectivity index (χ0) is 20.9. The Morgan fingerprint density at radius 2 is 1.80 bits per heavy atom. The van der Waals surface area contributed by atoms with Gasteiger partial charge in [-0.25, -0.2) is 0 Å². The quantitative estimate of drug-likeness (QED) is 0.703. The third-order valence-corrected chi connectivity index (χ3v) is 6.75. The monoisotopic (exact) mass is 422 g/mol. The molecule has 2 bridgehead atoms. The number of rotatable bonds is 6. The average molecular weight is 422 g/mol. The normalized spacial score (nSPS) is 28.7. The summed E-state index contributed by atoms with van der Waals surface area (Å²) in [5, 5.41) is 18.0. The van der Waals surface area contributed by atoms with Crippen molar-refractivity contribution in [3.63, 3.8) is 0 Å².